The second-order valence-electron chi connectivity index (χ2n) is 7.07. The number of carbonyl (C=O) groups is 1. The van der Waals surface area contributed by atoms with Gasteiger partial charge in [-0.2, -0.15) is 5.10 Å². The molecule has 2 aromatic carbocycles. The van der Waals surface area contributed by atoms with E-state index in [9.17, 15) is 9.90 Å². The van der Waals surface area contributed by atoms with Crippen molar-refractivity contribution in [3.63, 3.8) is 0 Å². The highest BCUT2D eigenvalue weighted by molar-refractivity contribution is 6.33. The van der Waals surface area contributed by atoms with Crippen LogP contribution in [-0.2, 0) is 7.05 Å². The summed E-state index contributed by atoms with van der Waals surface area (Å²) in [6.07, 6.45) is 1.55. The summed E-state index contributed by atoms with van der Waals surface area (Å²) in [6.45, 7) is 1.23. The third-order valence-corrected chi connectivity index (χ3v) is 4.90. The van der Waals surface area contributed by atoms with Crippen LogP contribution in [0.25, 0.3) is 11.3 Å². The number of hydrogen-bond acceptors (Lipinski definition) is 5. The second kappa shape index (κ2) is 9.91. The molecular weight excluding hydrogens is 441 g/mol. The number of likely N-dealkylation sites (N-methyl/N-ethyl adjacent to an activating group) is 1. The Hall–Kier alpha value is -2.94. The molecule has 1 aromatic heterocycles. The summed E-state index contributed by atoms with van der Waals surface area (Å²) in [5, 5.41) is 20.3. The number of carbonyl (C=O) groups excluding carboxylic acids is 1. The maximum Gasteiger partial charge on any atom is 0.323 e. The third kappa shape index (κ3) is 5.81. The predicted molar refractivity (Wildman–Crippen MR) is 123 cm³/mol. The van der Waals surface area contributed by atoms with E-state index in [1.807, 2.05) is 19.0 Å². The van der Waals surface area contributed by atoms with E-state index < -0.39 is 6.03 Å². The normalized spacial score (nSPS) is 10.9. The Morgan fingerprint density at radius 1 is 1.19 bits per heavy atom. The minimum absolute atomic E-state index is 0.130. The van der Waals surface area contributed by atoms with Crippen molar-refractivity contribution in [1.82, 2.24) is 14.7 Å². The van der Waals surface area contributed by atoms with Crippen molar-refractivity contribution in [2.24, 2.45) is 7.05 Å². The van der Waals surface area contributed by atoms with Gasteiger partial charge in [-0.25, -0.2) is 4.79 Å². The highest BCUT2D eigenvalue weighted by atomic mass is 35.5. The molecule has 0 saturated carbocycles. The number of hydrogen-bond donors (Lipinski definition) is 3. The molecule has 0 bridgehead atoms. The van der Waals surface area contributed by atoms with E-state index in [-0.39, 0.29) is 11.4 Å². The fraction of sp³-hybridized carbons (Fsp3) is 0.238. The maximum atomic E-state index is 12.4. The van der Waals surface area contributed by atoms with Crippen LogP contribution in [0.3, 0.4) is 0 Å². The van der Waals surface area contributed by atoms with E-state index in [4.69, 9.17) is 27.9 Å². The number of anilines is 2. The molecule has 3 rings (SSSR count). The number of aromatic nitrogens is 2. The van der Waals surface area contributed by atoms with Crippen LogP contribution in [0.15, 0.2) is 42.6 Å². The maximum absolute atomic E-state index is 12.4. The highest BCUT2D eigenvalue weighted by Crippen LogP contribution is 2.36. The number of amides is 2. The zero-order chi connectivity index (χ0) is 22.5. The average molecular weight is 464 g/mol. The minimum atomic E-state index is -0.527. The molecule has 3 N–H and O–H groups in total. The van der Waals surface area contributed by atoms with Crippen molar-refractivity contribution in [2.75, 3.05) is 37.9 Å². The summed E-state index contributed by atoms with van der Waals surface area (Å²) in [5.74, 6) is 0.489. The van der Waals surface area contributed by atoms with Crippen molar-refractivity contribution in [3.05, 3.63) is 52.6 Å². The van der Waals surface area contributed by atoms with E-state index in [1.54, 1.807) is 42.2 Å². The first-order valence-electron chi connectivity index (χ1n) is 9.40. The quantitative estimate of drug-likeness (QED) is 0.442. The van der Waals surface area contributed by atoms with Crippen molar-refractivity contribution < 1.29 is 14.6 Å². The summed E-state index contributed by atoms with van der Waals surface area (Å²) in [5.41, 5.74) is 2.11. The molecule has 0 aliphatic carbocycles. The van der Waals surface area contributed by atoms with Crippen molar-refractivity contribution >= 4 is 40.6 Å². The number of aryl methyl sites for hydroxylation is 1. The van der Waals surface area contributed by atoms with Gasteiger partial charge < -0.3 is 25.4 Å². The first-order chi connectivity index (χ1) is 14.7. The van der Waals surface area contributed by atoms with Gasteiger partial charge in [-0.05, 0) is 44.4 Å². The number of halogens is 2. The summed E-state index contributed by atoms with van der Waals surface area (Å²) >= 11 is 12.2. The molecule has 2 amide bonds. The zero-order valence-electron chi connectivity index (χ0n) is 17.3. The predicted octanol–water partition coefficient (Wildman–Crippen LogP) is 4.68. The fourth-order valence-corrected chi connectivity index (χ4v) is 3.30. The van der Waals surface area contributed by atoms with Gasteiger partial charge in [0, 0.05) is 35.9 Å². The highest BCUT2D eigenvalue weighted by Gasteiger charge is 2.17. The van der Waals surface area contributed by atoms with Crippen LogP contribution in [-0.4, -0.2) is 53.1 Å². The molecule has 8 nitrogen and oxygen atoms in total. The number of benzene rings is 2. The van der Waals surface area contributed by atoms with Crippen LogP contribution < -0.4 is 15.4 Å². The Bertz CT molecular complexity index is 1070. The summed E-state index contributed by atoms with van der Waals surface area (Å²) < 4.78 is 7.59. The monoisotopic (exact) mass is 463 g/mol. The number of phenols is 1. The SMILES string of the molecule is CN(C)CCOc1ccc(NC(=O)Nc2ccc(Cl)cc2O)cc1-c1c(Cl)cnn1C. The molecule has 0 radical (unpaired) electrons. The molecule has 0 unspecified atom stereocenters. The lowest BCUT2D eigenvalue weighted by Gasteiger charge is -2.16. The smallest absolute Gasteiger partial charge is 0.323 e. The Balaban J connectivity index is 1.84. The van der Waals surface area contributed by atoms with Crippen molar-refractivity contribution in [1.29, 1.82) is 0 Å². The van der Waals surface area contributed by atoms with Gasteiger partial charge in [-0.1, -0.05) is 23.2 Å². The van der Waals surface area contributed by atoms with Crippen LogP contribution in [0, 0.1) is 0 Å². The number of nitrogens with one attached hydrogen (secondary N) is 2. The Morgan fingerprint density at radius 2 is 1.97 bits per heavy atom. The molecular formula is C21H23Cl2N5O3. The number of ether oxygens (including phenoxy) is 1. The Kier molecular flexibility index (Phi) is 7.27. The van der Waals surface area contributed by atoms with Gasteiger partial charge in [0.25, 0.3) is 0 Å². The molecule has 164 valence electrons. The van der Waals surface area contributed by atoms with Crippen LogP contribution in [0.2, 0.25) is 10.0 Å². The van der Waals surface area contributed by atoms with E-state index in [0.717, 1.165) is 6.54 Å². The van der Waals surface area contributed by atoms with Gasteiger partial charge in [0.05, 0.1) is 22.6 Å². The van der Waals surface area contributed by atoms with Gasteiger partial charge in [0.1, 0.15) is 18.1 Å². The Morgan fingerprint density at radius 3 is 2.61 bits per heavy atom. The van der Waals surface area contributed by atoms with Gasteiger partial charge in [-0.3, -0.25) is 4.68 Å². The van der Waals surface area contributed by atoms with Gasteiger partial charge >= 0.3 is 6.03 Å². The zero-order valence-corrected chi connectivity index (χ0v) is 18.8. The number of rotatable bonds is 7. The summed E-state index contributed by atoms with van der Waals surface area (Å²) in [6, 6.07) is 9.15. The standard InChI is InChI=1S/C21H23Cl2N5O3/c1-27(2)8-9-31-19-7-5-14(11-15(19)20-16(23)12-24-28(20)3)25-21(30)26-17-6-4-13(22)10-18(17)29/h4-7,10-12,29H,8-9H2,1-3H3,(H2,25,26,30). The lowest BCUT2D eigenvalue weighted by Crippen LogP contribution is -2.20. The molecule has 0 atom stereocenters. The van der Waals surface area contributed by atoms with Crippen LogP contribution >= 0.6 is 23.2 Å². The molecule has 0 aliphatic heterocycles. The van der Waals surface area contributed by atoms with Gasteiger partial charge in [-0.15, -0.1) is 0 Å². The van der Waals surface area contributed by atoms with Gasteiger partial charge in [0.2, 0.25) is 0 Å². The molecule has 10 heteroatoms. The average Bonchev–Trinajstić information content (AvgIpc) is 3.03. The molecule has 0 aliphatic rings. The Labute approximate surface area is 190 Å². The molecule has 1 heterocycles. The first kappa shape index (κ1) is 22.7. The number of phenolic OH excluding ortho intramolecular Hbond substituents is 1. The summed E-state index contributed by atoms with van der Waals surface area (Å²) in [4.78, 5) is 14.5. The van der Waals surface area contributed by atoms with E-state index in [2.05, 4.69) is 15.7 Å². The molecule has 0 spiro atoms. The van der Waals surface area contributed by atoms with Gasteiger partial charge in [0.15, 0.2) is 0 Å². The second-order valence-corrected chi connectivity index (χ2v) is 7.91. The van der Waals surface area contributed by atoms with Crippen molar-refractivity contribution in [2.45, 2.75) is 0 Å². The van der Waals surface area contributed by atoms with Crippen LogP contribution in [0.5, 0.6) is 11.5 Å². The largest absolute Gasteiger partial charge is 0.506 e. The minimum Gasteiger partial charge on any atom is -0.506 e. The first-order valence-corrected chi connectivity index (χ1v) is 10.2. The molecule has 3 aromatic rings. The molecule has 0 fully saturated rings. The fourth-order valence-electron chi connectivity index (χ4n) is 2.87. The van der Waals surface area contributed by atoms with E-state index in [0.29, 0.717) is 39.3 Å². The topological polar surface area (TPSA) is 91.7 Å². The molecule has 0 saturated heterocycles. The summed E-state index contributed by atoms with van der Waals surface area (Å²) in [7, 11) is 5.71. The van der Waals surface area contributed by atoms with Crippen LogP contribution in [0.4, 0.5) is 16.2 Å². The van der Waals surface area contributed by atoms with E-state index >= 15 is 0 Å². The lowest BCUT2D eigenvalue weighted by atomic mass is 10.1. The lowest BCUT2D eigenvalue weighted by molar-refractivity contribution is 0.261. The van der Waals surface area contributed by atoms with E-state index in [1.165, 1.54) is 12.1 Å². The number of aromatic hydroxyl groups is 1. The van der Waals surface area contributed by atoms with Crippen molar-refractivity contribution in [3.8, 4) is 22.8 Å². The van der Waals surface area contributed by atoms with Crippen LogP contribution in [0.1, 0.15) is 0 Å². The number of nitrogens with zero attached hydrogens (tertiary/aromatic N) is 3. The molecule has 31 heavy (non-hydrogen) atoms. The number of urea groups is 1. The third-order valence-electron chi connectivity index (χ3n) is 4.39.